The molecular formula is C21H25ClN2O3S. The fourth-order valence-corrected chi connectivity index (χ4v) is 4.28. The molecule has 0 bridgehead atoms. The lowest BCUT2D eigenvalue weighted by atomic mass is 10.0. The molecule has 0 atom stereocenters. The summed E-state index contributed by atoms with van der Waals surface area (Å²) in [5.41, 5.74) is 0.240. The Hall–Kier alpha value is -2.31. The van der Waals surface area contributed by atoms with Gasteiger partial charge in [-0.1, -0.05) is 42.8 Å². The Labute approximate surface area is 172 Å². The molecule has 0 saturated carbocycles. The molecule has 7 heteroatoms. The quantitative estimate of drug-likeness (QED) is 0.632. The second-order valence-corrected chi connectivity index (χ2v) is 9.27. The number of rotatable bonds is 8. The van der Waals surface area contributed by atoms with Gasteiger partial charge in [-0.15, -0.1) is 6.58 Å². The first kappa shape index (κ1) is 22.0. The molecule has 0 unspecified atom stereocenters. The van der Waals surface area contributed by atoms with Crippen molar-refractivity contribution in [2.75, 3.05) is 10.8 Å². The van der Waals surface area contributed by atoms with Crippen LogP contribution in [-0.2, 0) is 10.0 Å². The molecule has 0 aliphatic heterocycles. The van der Waals surface area contributed by atoms with Gasteiger partial charge in [0.15, 0.2) is 0 Å². The number of benzene rings is 2. The number of nitrogens with zero attached hydrogens (tertiary/aromatic N) is 1. The second kappa shape index (κ2) is 8.80. The van der Waals surface area contributed by atoms with E-state index in [9.17, 15) is 13.2 Å². The monoisotopic (exact) mass is 420 g/mol. The molecule has 28 heavy (non-hydrogen) atoms. The number of carbonyl (C=O) groups excluding carboxylic acids is 1. The van der Waals surface area contributed by atoms with Crippen molar-refractivity contribution in [2.45, 2.75) is 37.6 Å². The van der Waals surface area contributed by atoms with Crippen molar-refractivity contribution in [2.24, 2.45) is 0 Å². The maximum absolute atomic E-state index is 13.3. The maximum Gasteiger partial charge on any atom is 0.264 e. The molecule has 0 fully saturated rings. The molecule has 2 aromatic carbocycles. The molecule has 150 valence electrons. The van der Waals surface area contributed by atoms with Crippen LogP contribution in [0.2, 0.25) is 5.02 Å². The zero-order valence-electron chi connectivity index (χ0n) is 16.3. The third-order valence-corrected chi connectivity index (χ3v) is 6.53. The van der Waals surface area contributed by atoms with Gasteiger partial charge in [-0.2, -0.15) is 0 Å². The third kappa shape index (κ3) is 4.94. The average Bonchev–Trinajstić information content (AvgIpc) is 2.66. The van der Waals surface area contributed by atoms with E-state index in [0.717, 1.165) is 6.42 Å². The number of sulfonamides is 1. The summed E-state index contributed by atoms with van der Waals surface area (Å²) >= 11 is 6.21. The van der Waals surface area contributed by atoms with Gasteiger partial charge in [0.1, 0.15) is 0 Å². The van der Waals surface area contributed by atoms with Crippen LogP contribution < -0.4 is 9.62 Å². The molecule has 0 aliphatic rings. The minimum Gasteiger partial charge on any atom is -0.347 e. The fraction of sp³-hybridized carbons (Fsp3) is 0.286. The Bertz CT molecular complexity index is 971. The number of amides is 1. The highest BCUT2D eigenvalue weighted by atomic mass is 35.5. The number of hydrogen-bond acceptors (Lipinski definition) is 3. The number of nitrogens with one attached hydrogen (secondary N) is 1. The first-order chi connectivity index (χ1) is 13.1. The van der Waals surface area contributed by atoms with Gasteiger partial charge in [0.25, 0.3) is 15.9 Å². The van der Waals surface area contributed by atoms with Crippen LogP contribution in [-0.4, -0.2) is 26.4 Å². The molecular weight excluding hydrogens is 396 g/mol. The SMILES string of the molecule is C=CCN(c1ccccc1Cl)S(=O)(=O)c1cccc(C(=O)NC(C)(C)CC)c1. The number of anilines is 1. The van der Waals surface area contributed by atoms with Gasteiger partial charge >= 0.3 is 0 Å². The van der Waals surface area contributed by atoms with Crippen LogP contribution in [0.4, 0.5) is 5.69 Å². The fourth-order valence-electron chi connectivity index (χ4n) is 2.49. The van der Waals surface area contributed by atoms with E-state index < -0.39 is 15.6 Å². The first-order valence-electron chi connectivity index (χ1n) is 8.93. The van der Waals surface area contributed by atoms with Crippen molar-refractivity contribution in [3.8, 4) is 0 Å². The van der Waals surface area contributed by atoms with Crippen molar-refractivity contribution in [1.82, 2.24) is 5.32 Å². The van der Waals surface area contributed by atoms with Gasteiger partial charge in [0.2, 0.25) is 0 Å². The van der Waals surface area contributed by atoms with E-state index in [0.29, 0.717) is 10.7 Å². The van der Waals surface area contributed by atoms with Crippen molar-refractivity contribution in [3.05, 3.63) is 71.8 Å². The summed E-state index contributed by atoms with van der Waals surface area (Å²) in [6.07, 6.45) is 2.23. The lowest BCUT2D eigenvalue weighted by Crippen LogP contribution is -2.42. The molecule has 0 aromatic heterocycles. The summed E-state index contributed by atoms with van der Waals surface area (Å²) in [5, 5.41) is 3.22. The normalized spacial score (nSPS) is 11.7. The molecule has 2 aromatic rings. The van der Waals surface area contributed by atoms with Crippen LogP contribution in [0.3, 0.4) is 0 Å². The zero-order chi connectivity index (χ0) is 20.9. The van der Waals surface area contributed by atoms with E-state index >= 15 is 0 Å². The van der Waals surface area contributed by atoms with Crippen molar-refractivity contribution >= 4 is 33.2 Å². The smallest absolute Gasteiger partial charge is 0.264 e. The highest BCUT2D eigenvalue weighted by Crippen LogP contribution is 2.30. The predicted molar refractivity (Wildman–Crippen MR) is 114 cm³/mol. The summed E-state index contributed by atoms with van der Waals surface area (Å²) in [6, 6.07) is 12.7. The van der Waals surface area contributed by atoms with Gasteiger partial charge in [-0.05, 0) is 50.6 Å². The Morgan fingerprint density at radius 2 is 1.89 bits per heavy atom. The van der Waals surface area contributed by atoms with Crippen molar-refractivity contribution < 1.29 is 13.2 Å². The van der Waals surface area contributed by atoms with E-state index in [-0.39, 0.29) is 22.9 Å². The topological polar surface area (TPSA) is 66.5 Å². The van der Waals surface area contributed by atoms with Gasteiger partial charge in [-0.25, -0.2) is 8.42 Å². The average molecular weight is 421 g/mol. The standard InChI is InChI=1S/C21H25ClN2O3S/c1-5-14-24(19-13-8-7-12-18(19)22)28(26,27)17-11-9-10-16(15-17)20(25)23-21(3,4)6-2/h5,7-13,15H,1,6,14H2,2-4H3,(H,23,25). The molecule has 0 spiro atoms. The molecule has 0 saturated heterocycles. The minimum absolute atomic E-state index is 0.0104. The minimum atomic E-state index is -3.95. The summed E-state index contributed by atoms with van der Waals surface area (Å²) in [6.45, 7) is 9.48. The Kier molecular flexibility index (Phi) is 6.91. The van der Waals surface area contributed by atoms with Crippen LogP contribution in [0.1, 0.15) is 37.6 Å². The Morgan fingerprint density at radius 1 is 1.21 bits per heavy atom. The van der Waals surface area contributed by atoms with Crippen LogP contribution >= 0.6 is 11.6 Å². The Morgan fingerprint density at radius 3 is 2.50 bits per heavy atom. The summed E-state index contributed by atoms with van der Waals surface area (Å²) < 4.78 is 27.7. The predicted octanol–water partition coefficient (Wildman–Crippen LogP) is 4.64. The molecule has 1 amide bonds. The Balaban J connectivity index is 2.46. The van der Waals surface area contributed by atoms with E-state index in [1.54, 1.807) is 36.4 Å². The van der Waals surface area contributed by atoms with E-state index in [4.69, 9.17) is 11.6 Å². The number of carbonyl (C=O) groups is 1. The van der Waals surface area contributed by atoms with Crippen molar-refractivity contribution in [1.29, 1.82) is 0 Å². The second-order valence-electron chi connectivity index (χ2n) is 7.00. The van der Waals surface area contributed by atoms with Crippen LogP contribution in [0.25, 0.3) is 0 Å². The van der Waals surface area contributed by atoms with E-state index in [2.05, 4.69) is 11.9 Å². The van der Waals surface area contributed by atoms with Crippen LogP contribution in [0, 0.1) is 0 Å². The van der Waals surface area contributed by atoms with Crippen LogP contribution in [0.15, 0.2) is 66.1 Å². The number of hydrogen-bond donors (Lipinski definition) is 1. The first-order valence-corrected chi connectivity index (χ1v) is 10.7. The van der Waals surface area contributed by atoms with Crippen LogP contribution in [0.5, 0.6) is 0 Å². The largest absolute Gasteiger partial charge is 0.347 e. The number of halogens is 1. The summed E-state index contributed by atoms with van der Waals surface area (Å²) in [4.78, 5) is 12.6. The highest BCUT2D eigenvalue weighted by molar-refractivity contribution is 7.92. The lowest BCUT2D eigenvalue weighted by molar-refractivity contribution is 0.0911. The van der Waals surface area contributed by atoms with Crippen molar-refractivity contribution in [3.63, 3.8) is 0 Å². The summed E-state index contributed by atoms with van der Waals surface area (Å²) in [7, 11) is -3.95. The van der Waals surface area contributed by atoms with Gasteiger partial charge in [0, 0.05) is 11.1 Å². The van der Waals surface area contributed by atoms with Gasteiger partial charge < -0.3 is 5.32 Å². The number of para-hydroxylation sites is 1. The third-order valence-electron chi connectivity index (χ3n) is 4.44. The summed E-state index contributed by atoms with van der Waals surface area (Å²) in [5.74, 6) is -0.322. The zero-order valence-corrected chi connectivity index (χ0v) is 17.8. The molecule has 0 aliphatic carbocycles. The molecule has 0 radical (unpaired) electrons. The molecule has 1 N–H and O–H groups in total. The molecule has 2 rings (SSSR count). The molecule has 5 nitrogen and oxygen atoms in total. The lowest BCUT2D eigenvalue weighted by Gasteiger charge is -2.25. The van der Waals surface area contributed by atoms with E-state index in [1.807, 2.05) is 20.8 Å². The van der Waals surface area contributed by atoms with E-state index in [1.165, 1.54) is 22.5 Å². The molecule has 0 heterocycles. The maximum atomic E-state index is 13.3. The van der Waals surface area contributed by atoms with Gasteiger partial charge in [-0.3, -0.25) is 9.10 Å². The van der Waals surface area contributed by atoms with Gasteiger partial charge in [0.05, 0.1) is 22.2 Å². The highest BCUT2D eigenvalue weighted by Gasteiger charge is 2.27.